The molecule has 1 amide bonds. The first-order valence-corrected chi connectivity index (χ1v) is 7.59. The summed E-state index contributed by atoms with van der Waals surface area (Å²) >= 11 is 0. The zero-order valence-corrected chi connectivity index (χ0v) is 12.7. The number of likely N-dealkylation sites (N-methyl/N-ethyl adjacent to an activating group) is 1. The molecule has 2 aliphatic rings. The molecule has 2 rings (SSSR count). The summed E-state index contributed by atoms with van der Waals surface area (Å²) in [6.45, 7) is 6.59. The van der Waals surface area contributed by atoms with Crippen LogP contribution in [0.1, 0.15) is 52.9 Å². The molecule has 19 heavy (non-hydrogen) atoms. The summed E-state index contributed by atoms with van der Waals surface area (Å²) in [5.74, 6) is 0.597. The largest absolute Gasteiger partial charge is 0.444 e. The summed E-state index contributed by atoms with van der Waals surface area (Å²) < 4.78 is 5.56. The lowest BCUT2D eigenvalue weighted by atomic mass is 9.92. The summed E-state index contributed by atoms with van der Waals surface area (Å²) in [5.41, 5.74) is -0.408. The lowest BCUT2D eigenvalue weighted by Crippen LogP contribution is -2.41. The summed E-state index contributed by atoms with van der Waals surface area (Å²) in [6, 6.07) is 0.797. The first-order valence-electron chi connectivity index (χ1n) is 7.59. The van der Waals surface area contributed by atoms with Crippen LogP contribution in [0.15, 0.2) is 0 Å². The molecule has 0 radical (unpaired) electrons. The number of ether oxygens (including phenoxy) is 1. The molecular weight excluding hydrogens is 240 g/mol. The van der Waals surface area contributed by atoms with E-state index in [-0.39, 0.29) is 6.09 Å². The molecule has 1 aliphatic heterocycles. The van der Waals surface area contributed by atoms with Gasteiger partial charge in [-0.2, -0.15) is 0 Å². The average molecular weight is 268 g/mol. The lowest BCUT2D eigenvalue weighted by Gasteiger charge is -2.29. The van der Waals surface area contributed by atoms with Crippen molar-refractivity contribution in [2.75, 3.05) is 13.6 Å². The van der Waals surface area contributed by atoms with Gasteiger partial charge in [0.25, 0.3) is 0 Å². The van der Waals surface area contributed by atoms with Gasteiger partial charge >= 0.3 is 6.09 Å². The SMILES string of the molecule is CNC1CN(C(=O)OC(C)(C)C)C2CCCCCC12. The predicted molar refractivity (Wildman–Crippen MR) is 76.2 cm³/mol. The fourth-order valence-corrected chi connectivity index (χ4v) is 3.49. The lowest BCUT2D eigenvalue weighted by molar-refractivity contribution is 0.0201. The third kappa shape index (κ3) is 3.41. The van der Waals surface area contributed by atoms with E-state index in [1.807, 2.05) is 32.7 Å². The number of rotatable bonds is 1. The van der Waals surface area contributed by atoms with E-state index >= 15 is 0 Å². The standard InChI is InChI=1S/C15H28N2O2/c1-15(2,3)19-14(18)17-10-12(16-4)11-8-6-5-7-9-13(11)17/h11-13,16H,5-10H2,1-4H3. The second-order valence-corrected chi connectivity index (χ2v) is 6.90. The quantitative estimate of drug-likeness (QED) is 0.795. The highest BCUT2D eigenvalue weighted by atomic mass is 16.6. The Hall–Kier alpha value is -0.770. The number of amides is 1. The first-order chi connectivity index (χ1) is 8.92. The molecular formula is C15H28N2O2. The molecule has 3 atom stereocenters. The van der Waals surface area contributed by atoms with Crippen LogP contribution < -0.4 is 5.32 Å². The monoisotopic (exact) mass is 268 g/mol. The third-order valence-electron chi connectivity index (χ3n) is 4.34. The summed E-state index contributed by atoms with van der Waals surface area (Å²) in [7, 11) is 2.01. The molecule has 4 heteroatoms. The Balaban J connectivity index is 2.09. The third-order valence-corrected chi connectivity index (χ3v) is 4.34. The van der Waals surface area contributed by atoms with Gasteiger partial charge in [0.05, 0.1) is 0 Å². The maximum absolute atomic E-state index is 12.4. The number of nitrogens with one attached hydrogen (secondary N) is 1. The second kappa shape index (κ2) is 5.70. The molecule has 0 aromatic carbocycles. The van der Waals surface area contributed by atoms with Crippen molar-refractivity contribution in [1.82, 2.24) is 10.2 Å². The van der Waals surface area contributed by atoms with Crippen LogP contribution >= 0.6 is 0 Å². The smallest absolute Gasteiger partial charge is 0.410 e. The molecule has 110 valence electrons. The number of likely N-dealkylation sites (tertiary alicyclic amines) is 1. The summed E-state index contributed by atoms with van der Waals surface area (Å²) in [4.78, 5) is 14.3. The van der Waals surface area contributed by atoms with E-state index in [2.05, 4.69) is 5.32 Å². The van der Waals surface area contributed by atoms with Gasteiger partial charge in [-0.1, -0.05) is 19.3 Å². The molecule has 1 aliphatic carbocycles. The van der Waals surface area contributed by atoms with Crippen LogP contribution in [0.4, 0.5) is 4.79 Å². The van der Waals surface area contributed by atoms with Gasteiger partial charge in [-0.3, -0.25) is 0 Å². The van der Waals surface area contributed by atoms with E-state index in [1.165, 1.54) is 25.7 Å². The summed E-state index contributed by atoms with van der Waals surface area (Å²) in [5, 5.41) is 3.39. The highest BCUT2D eigenvalue weighted by Crippen LogP contribution is 2.36. The minimum Gasteiger partial charge on any atom is -0.444 e. The van der Waals surface area contributed by atoms with E-state index in [9.17, 15) is 4.79 Å². The highest BCUT2D eigenvalue weighted by molar-refractivity contribution is 5.69. The zero-order valence-electron chi connectivity index (χ0n) is 12.7. The minimum atomic E-state index is -0.408. The molecule has 4 nitrogen and oxygen atoms in total. The molecule has 1 saturated heterocycles. The van der Waals surface area contributed by atoms with Crippen molar-refractivity contribution < 1.29 is 9.53 Å². The van der Waals surface area contributed by atoms with Crippen LogP contribution in [-0.2, 0) is 4.74 Å². The number of carbonyl (C=O) groups is 1. The number of hydrogen-bond donors (Lipinski definition) is 1. The molecule has 1 N–H and O–H groups in total. The first kappa shape index (κ1) is 14.6. The van der Waals surface area contributed by atoms with Crippen molar-refractivity contribution in [3.63, 3.8) is 0 Å². The maximum Gasteiger partial charge on any atom is 0.410 e. The Morgan fingerprint density at radius 1 is 1.21 bits per heavy atom. The van der Waals surface area contributed by atoms with Crippen LogP contribution in [-0.4, -0.2) is 42.3 Å². The molecule has 3 unspecified atom stereocenters. The van der Waals surface area contributed by atoms with Gasteiger partial charge in [-0.05, 0) is 46.6 Å². The molecule has 1 heterocycles. The van der Waals surface area contributed by atoms with E-state index in [1.54, 1.807) is 0 Å². The van der Waals surface area contributed by atoms with Crippen LogP contribution in [0.3, 0.4) is 0 Å². The van der Waals surface area contributed by atoms with Crippen LogP contribution in [0.2, 0.25) is 0 Å². The maximum atomic E-state index is 12.4. The fraction of sp³-hybridized carbons (Fsp3) is 0.933. The van der Waals surface area contributed by atoms with E-state index in [4.69, 9.17) is 4.74 Å². The topological polar surface area (TPSA) is 41.6 Å². The van der Waals surface area contributed by atoms with Gasteiger partial charge < -0.3 is 15.0 Å². The Labute approximate surface area is 116 Å². The van der Waals surface area contributed by atoms with Gasteiger partial charge in [0.1, 0.15) is 5.60 Å². The molecule has 1 saturated carbocycles. The van der Waals surface area contributed by atoms with Gasteiger partial charge in [0.2, 0.25) is 0 Å². The molecule has 0 aromatic rings. The van der Waals surface area contributed by atoms with Crippen LogP contribution in [0.5, 0.6) is 0 Å². The number of hydrogen-bond acceptors (Lipinski definition) is 3. The van der Waals surface area contributed by atoms with Crippen molar-refractivity contribution in [2.24, 2.45) is 5.92 Å². The van der Waals surface area contributed by atoms with Gasteiger partial charge in [-0.15, -0.1) is 0 Å². The minimum absolute atomic E-state index is 0.137. The Bertz CT molecular complexity index is 325. The fourth-order valence-electron chi connectivity index (χ4n) is 3.49. The number of fused-ring (bicyclic) bond motifs is 1. The molecule has 2 fully saturated rings. The Morgan fingerprint density at radius 2 is 1.89 bits per heavy atom. The van der Waals surface area contributed by atoms with Gasteiger partial charge in [-0.25, -0.2) is 4.79 Å². The Morgan fingerprint density at radius 3 is 2.53 bits per heavy atom. The van der Waals surface area contributed by atoms with Gasteiger partial charge in [0, 0.05) is 18.6 Å². The van der Waals surface area contributed by atoms with E-state index in [0.717, 1.165) is 13.0 Å². The number of nitrogens with zero attached hydrogens (tertiary/aromatic N) is 1. The Kier molecular flexibility index (Phi) is 4.39. The van der Waals surface area contributed by atoms with E-state index < -0.39 is 5.60 Å². The van der Waals surface area contributed by atoms with Crippen molar-refractivity contribution in [2.45, 2.75) is 70.6 Å². The molecule has 0 spiro atoms. The zero-order chi connectivity index (χ0) is 14.0. The van der Waals surface area contributed by atoms with Crippen LogP contribution in [0.25, 0.3) is 0 Å². The predicted octanol–water partition coefficient (Wildman–Crippen LogP) is 2.77. The molecule has 0 aromatic heterocycles. The van der Waals surface area contributed by atoms with Crippen molar-refractivity contribution in [3.8, 4) is 0 Å². The van der Waals surface area contributed by atoms with Crippen molar-refractivity contribution >= 4 is 6.09 Å². The van der Waals surface area contributed by atoms with Gasteiger partial charge in [0.15, 0.2) is 0 Å². The van der Waals surface area contributed by atoms with Crippen molar-refractivity contribution in [1.29, 1.82) is 0 Å². The van der Waals surface area contributed by atoms with E-state index in [0.29, 0.717) is 18.0 Å². The van der Waals surface area contributed by atoms with Crippen LogP contribution in [0, 0.1) is 5.92 Å². The normalized spacial score (nSPS) is 31.8. The summed E-state index contributed by atoms with van der Waals surface area (Å²) in [6.07, 6.45) is 6.05. The average Bonchev–Trinajstić information content (AvgIpc) is 2.49. The second-order valence-electron chi connectivity index (χ2n) is 6.90. The highest BCUT2D eigenvalue weighted by Gasteiger charge is 2.44. The number of carbonyl (C=O) groups excluding carboxylic acids is 1. The molecule has 0 bridgehead atoms. The van der Waals surface area contributed by atoms with Crippen molar-refractivity contribution in [3.05, 3.63) is 0 Å².